The third-order valence-electron chi connectivity index (χ3n) is 4.49. The molecule has 1 aromatic rings. The van der Waals surface area contributed by atoms with Gasteiger partial charge in [-0.05, 0) is 42.1 Å². The van der Waals surface area contributed by atoms with Crippen molar-refractivity contribution < 1.29 is 0 Å². The minimum Gasteiger partial charge on any atom is -0.103 e. The molecule has 18 heavy (non-hydrogen) atoms. The molecular weight excluding hydrogens is 216 g/mol. The lowest BCUT2D eigenvalue weighted by atomic mass is 9.89. The highest BCUT2D eigenvalue weighted by molar-refractivity contribution is 5.49. The molecule has 0 heteroatoms. The summed E-state index contributed by atoms with van der Waals surface area (Å²) in [6, 6.07) is 10.6. The molecule has 0 bridgehead atoms. The Labute approximate surface area is 110 Å². The van der Waals surface area contributed by atoms with E-state index in [1.54, 1.807) is 0 Å². The van der Waals surface area contributed by atoms with Gasteiger partial charge >= 0.3 is 0 Å². The van der Waals surface area contributed by atoms with E-state index in [2.05, 4.69) is 67.3 Å². The van der Waals surface area contributed by atoms with Gasteiger partial charge in [0.1, 0.15) is 0 Å². The summed E-state index contributed by atoms with van der Waals surface area (Å²) in [6.45, 7) is 4.00. The van der Waals surface area contributed by atoms with E-state index in [1.807, 2.05) is 0 Å². The minimum atomic E-state index is 0.680. The highest BCUT2D eigenvalue weighted by atomic mass is 14.4. The molecule has 1 saturated carbocycles. The zero-order valence-electron chi connectivity index (χ0n) is 10.7. The first kappa shape index (κ1) is 11.5. The Bertz CT molecular complexity index is 466. The molecule has 0 spiro atoms. The van der Waals surface area contributed by atoms with Crippen LogP contribution in [-0.2, 0) is 0 Å². The maximum Gasteiger partial charge on any atom is -0.0133 e. The Hall–Kier alpha value is -1.56. The molecule has 2 aliphatic carbocycles. The van der Waals surface area contributed by atoms with Crippen molar-refractivity contribution in [2.45, 2.75) is 12.8 Å². The molecule has 0 radical (unpaired) electrons. The first-order valence-corrected chi connectivity index (χ1v) is 6.91. The van der Waals surface area contributed by atoms with E-state index in [1.165, 1.54) is 18.4 Å². The monoisotopic (exact) mass is 236 g/mol. The van der Waals surface area contributed by atoms with Crippen molar-refractivity contribution in [1.29, 1.82) is 0 Å². The van der Waals surface area contributed by atoms with Crippen LogP contribution in [0.2, 0.25) is 0 Å². The fourth-order valence-corrected chi connectivity index (χ4v) is 3.53. The topological polar surface area (TPSA) is 0 Å². The Morgan fingerprint density at radius 1 is 1.11 bits per heavy atom. The molecule has 1 fully saturated rings. The van der Waals surface area contributed by atoms with E-state index >= 15 is 0 Å². The fourth-order valence-electron chi connectivity index (χ4n) is 3.53. The number of benzene rings is 1. The number of hydrogen-bond donors (Lipinski definition) is 0. The first-order valence-electron chi connectivity index (χ1n) is 6.91. The van der Waals surface area contributed by atoms with Gasteiger partial charge in [0.05, 0.1) is 0 Å². The van der Waals surface area contributed by atoms with E-state index in [0.29, 0.717) is 11.8 Å². The normalized spacial score (nSPS) is 34.0. The van der Waals surface area contributed by atoms with Gasteiger partial charge in [-0.1, -0.05) is 60.7 Å². The van der Waals surface area contributed by atoms with Crippen molar-refractivity contribution in [3.8, 4) is 0 Å². The van der Waals surface area contributed by atoms with Crippen LogP contribution < -0.4 is 0 Å². The van der Waals surface area contributed by atoms with Crippen molar-refractivity contribution in [3.05, 3.63) is 66.8 Å². The Kier molecular flexibility index (Phi) is 3.19. The molecule has 4 atom stereocenters. The maximum atomic E-state index is 4.00. The average molecular weight is 236 g/mol. The third kappa shape index (κ3) is 2.08. The first-order chi connectivity index (χ1) is 8.88. The van der Waals surface area contributed by atoms with Crippen LogP contribution in [0.5, 0.6) is 0 Å². The summed E-state index contributed by atoms with van der Waals surface area (Å²) >= 11 is 0. The number of rotatable bonds is 3. The smallest absolute Gasteiger partial charge is 0.0133 e. The highest BCUT2D eigenvalue weighted by Gasteiger charge is 2.40. The molecule has 92 valence electrons. The van der Waals surface area contributed by atoms with Crippen molar-refractivity contribution in [3.63, 3.8) is 0 Å². The minimum absolute atomic E-state index is 0.680. The Morgan fingerprint density at radius 2 is 1.94 bits per heavy atom. The van der Waals surface area contributed by atoms with E-state index in [-0.39, 0.29) is 0 Å². The lowest BCUT2D eigenvalue weighted by molar-refractivity contribution is 0.414. The average Bonchev–Trinajstić information content (AvgIpc) is 3.00. The second-order valence-electron chi connectivity index (χ2n) is 5.47. The van der Waals surface area contributed by atoms with Crippen LogP contribution >= 0.6 is 0 Å². The molecule has 3 rings (SSSR count). The van der Waals surface area contributed by atoms with Crippen LogP contribution in [0.25, 0.3) is 6.08 Å². The molecular formula is C18H20. The number of fused-ring (bicyclic) bond motifs is 1. The standard InChI is InChI=1S/C18H20/c1-2-15-13-16(18-10-6-9-17(15)18)12-11-14-7-4-3-5-8-14/h2-9,11-12,15-18H,1,10,13H2/b12-11+. The zero-order valence-corrected chi connectivity index (χ0v) is 10.7. The predicted molar refractivity (Wildman–Crippen MR) is 78.0 cm³/mol. The summed E-state index contributed by atoms with van der Waals surface area (Å²) in [5.74, 6) is 2.95. The van der Waals surface area contributed by atoms with E-state index in [4.69, 9.17) is 0 Å². The Morgan fingerprint density at radius 3 is 2.72 bits per heavy atom. The second-order valence-corrected chi connectivity index (χ2v) is 5.47. The molecule has 4 unspecified atom stereocenters. The van der Waals surface area contributed by atoms with Gasteiger partial charge < -0.3 is 0 Å². The molecule has 0 N–H and O–H groups in total. The van der Waals surface area contributed by atoms with Crippen LogP contribution in [0.1, 0.15) is 18.4 Å². The summed E-state index contributed by atoms with van der Waals surface area (Å²) in [5, 5.41) is 0. The highest BCUT2D eigenvalue weighted by Crippen LogP contribution is 2.48. The van der Waals surface area contributed by atoms with Crippen LogP contribution in [0.4, 0.5) is 0 Å². The lowest BCUT2D eigenvalue weighted by Gasteiger charge is -2.15. The van der Waals surface area contributed by atoms with Crippen LogP contribution in [-0.4, -0.2) is 0 Å². The molecule has 2 aliphatic rings. The van der Waals surface area contributed by atoms with E-state index in [9.17, 15) is 0 Å². The van der Waals surface area contributed by atoms with Crippen LogP contribution in [0.15, 0.2) is 61.2 Å². The van der Waals surface area contributed by atoms with Gasteiger partial charge in [0.15, 0.2) is 0 Å². The molecule has 0 heterocycles. The van der Waals surface area contributed by atoms with Gasteiger partial charge in [0.25, 0.3) is 0 Å². The largest absolute Gasteiger partial charge is 0.103 e. The SMILES string of the molecule is C=CC1CC(/C=C/c2ccccc2)C2CC=CC12. The van der Waals surface area contributed by atoms with Gasteiger partial charge in [-0.2, -0.15) is 0 Å². The molecule has 0 aromatic heterocycles. The van der Waals surface area contributed by atoms with Gasteiger partial charge in [-0.15, -0.1) is 6.58 Å². The number of allylic oxidation sites excluding steroid dienone is 4. The molecule has 0 amide bonds. The van der Waals surface area contributed by atoms with Crippen molar-refractivity contribution in [2.24, 2.45) is 23.7 Å². The van der Waals surface area contributed by atoms with Gasteiger partial charge in [0.2, 0.25) is 0 Å². The molecule has 1 aromatic carbocycles. The zero-order chi connectivity index (χ0) is 12.4. The summed E-state index contributed by atoms with van der Waals surface area (Å²) in [5.41, 5.74) is 1.31. The second kappa shape index (κ2) is 4.97. The van der Waals surface area contributed by atoms with Crippen molar-refractivity contribution in [2.75, 3.05) is 0 Å². The molecule has 0 saturated heterocycles. The van der Waals surface area contributed by atoms with Gasteiger partial charge in [0, 0.05) is 0 Å². The summed E-state index contributed by atoms with van der Waals surface area (Å²) < 4.78 is 0. The molecule has 0 aliphatic heterocycles. The van der Waals surface area contributed by atoms with Crippen molar-refractivity contribution in [1.82, 2.24) is 0 Å². The quantitative estimate of drug-likeness (QED) is 0.666. The number of hydrogen-bond acceptors (Lipinski definition) is 0. The van der Waals surface area contributed by atoms with Crippen LogP contribution in [0, 0.1) is 23.7 Å². The summed E-state index contributed by atoms with van der Waals surface area (Å²) in [6.07, 6.45) is 14.1. The third-order valence-corrected chi connectivity index (χ3v) is 4.49. The predicted octanol–water partition coefficient (Wildman–Crippen LogP) is 4.71. The van der Waals surface area contributed by atoms with E-state index < -0.39 is 0 Å². The van der Waals surface area contributed by atoms with Gasteiger partial charge in [-0.3, -0.25) is 0 Å². The summed E-state index contributed by atoms with van der Waals surface area (Å²) in [4.78, 5) is 0. The van der Waals surface area contributed by atoms with E-state index in [0.717, 1.165) is 11.8 Å². The van der Waals surface area contributed by atoms with Gasteiger partial charge in [-0.25, -0.2) is 0 Å². The fraction of sp³-hybridized carbons (Fsp3) is 0.333. The van der Waals surface area contributed by atoms with Crippen molar-refractivity contribution >= 4 is 6.08 Å². The molecule has 0 nitrogen and oxygen atoms in total. The van der Waals surface area contributed by atoms with Crippen LogP contribution in [0.3, 0.4) is 0 Å². The lowest BCUT2D eigenvalue weighted by Crippen LogP contribution is -2.09. The summed E-state index contributed by atoms with van der Waals surface area (Å²) in [7, 11) is 0. The Balaban J connectivity index is 1.74. The maximum absolute atomic E-state index is 4.00.